The van der Waals surface area contributed by atoms with Gasteiger partial charge in [0, 0.05) is 17.5 Å². The summed E-state index contributed by atoms with van der Waals surface area (Å²) in [5, 5.41) is 3.34. The van der Waals surface area contributed by atoms with Gasteiger partial charge in [-0.2, -0.15) is 0 Å². The molecule has 0 aromatic heterocycles. The Morgan fingerprint density at radius 2 is 2.04 bits per heavy atom. The van der Waals surface area contributed by atoms with Crippen LogP contribution in [0.5, 0.6) is 11.5 Å². The Bertz CT molecular complexity index is 836. The third-order valence-electron chi connectivity index (χ3n) is 5.09. The van der Waals surface area contributed by atoms with E-state index >= 15 is 0 Å². The van der Waals surface area contributed by atoms with E-state index in [0.717, 1.165) is 41.6 Å². The van der Waals surface area contributed by atoms with Crippen LogP contribution < -0.4 is 20.5 Å². The molecule has 1 aliphatic heterocycles. The summed E-state index contributed by atoms with van der Waals surface area (Å²) in [4.78, 5) is 4.56. The Morgan fingerprint density at radius 1 is 1.21 bits per heavy atom. The molecule has 0 radical (unpaired) electrons. The molecule has 1 fully saturated rings. The van der Waals surface area contributed by atoms with Crippen LogP contribution in [0.1, 0.15) is 42.0 Å². The predicted molar refractivity (Wildman–Crippen MR) is 123 cm³/mol. The minimum Gasteiger partial charge on any atom is -0.493 e. The van der Waals surface area contributed by atoms with E-state index in [1.807, 2.05) is 18.2 Å². The van der Waals surface area contributed by atoms with Crippen LogP contribution in [0.15, 0.2) is 47.5 Å². The summed E-state index contributed by atoms with van der Waals surface area (Å²) in [6.07, 6.45) is 3.43. The molecule has 0 saturated heterocycles. The lowest BCUT2D eigenvalue weighted by atomic mass is 10.0. The van der Waals surface area contributed by atoms with E-state index in [1.54, 1.807) is 0 Å². The van der Waals surface area contributed by atoms with Gasteiger partial charge < -0.3 is 20.5 Å². The minimum atomic E-state index is 0. The number of hydrogen-bond acceptors (Lipinski definition) is 3. The van der Waals surface area contributed by atoms with Crippen LogP contribution in [0.4, 0.5) is 0 Å². The fraction of sp³-hybridized carbons (Fsp3) is 0.409. The number of nitrogens with two attached hydrogens (primary N) is 1. The summed E-state index contributed by atoms with van der Waals surface area (Å²) in [6.45, 7) is 4.06. The number of halogens is 1. The second-order valence-corrected chi connectivity index (χ2v) is 7.44. The van der Waals surface area contributed by atoms with Gasteiger partial charge >= 0.3 is 0 Å². The van der Waals surface area contributed by atoms with Gasteiger partial charge in [-0.15, -0.1) is 24.0 Å². The molecule has 1 unspecified atom stereocenters. The number of fused-ring (bicyclic) bond motifs is 1. The molecule has 1 heterocycles. The molecule has 150 valence electrons. The number of hydrogen-bond donors (Lipinski definition) is 2. The van der Waals surface area contributed by atoms with Crippen LogP contribution in [-0.4, -0.2) is 19.2 Å². The van der Waals surface area contributed by atoms with Crippen molar-refractivity contribution < 1.29 is 9.47 Å². The fourth-order valence-corrected chi connectivity index (χ4v) is 3.31. The van der Waals surface area contributed by atoms with Crippen molar-refractivity contribution in [3.8, 4) is 11.5 Å². The third kappa shape index (κ3) is 5.31. The number of nitrogens with zero attached hydrogens (tertiary/aromatic N) is 1. The molecule has 1 aliphatic carbocycles. The molecule has 5 nitrogen and oxygen atoms in total. The molecule has 1 atom stereocenters. The zero-order valence-electron chi connectivity index (χ0n) is 16.2. The number of nitrogens with one attached hydrogen (secondary N) is 1. The average Bonchev–Trinajstić information content (AvgIpc) is 3.50. The van der Waals surface area contributed by atoms with Gasteiger partial charge in [0.15, 0.2) is 5.96 Å². The molecule has 6 heteroatoms. The SMILES string of the molecule is Cc1ccc(CN=C(N)NC2CCOc3ccccc32)c(OCC2CC2)c1.I. The van der Waals surface area contributed by atoms with E-state index in [9.17, 15) is 0 Å². The molecule has 1 saturated carbocycles. The lowest BCUT2D eigenvalue weighted by molar-refractivity contribution is 0.262. The van der Waals surface area contributed by atoms with Crippen LogP contribution in [0.2, 0.25) is 0 Å². The Hall–Kier alpha value is -1.96. The Morgan fingerprint density at radius 3 is 2.86 bits per heavy atom. The molecule has 0 spiro atoms. The number of guanidine groups is 1. The highest BCUT2D eigenvalue weighted by Gasteiger charge is 2.23. The third-order valence-corrected chi connectivity index (χ3v) is 5.09. The molecule has 0 bridgehead atoms. The normalized spacial score (nSPS) is 18.5. The first kappa shape index (κ1) is 20.8. The fourth-order valence-electron chi connectivity index (χ4n) is 3.31. The summed E-state index contributed by atoms with van der Waals surface area (Å²) in [6, 6.07) is 14.5. The number of rotatable bonds is 6. The molecule has 2 aromatic rings. The van der Waals surface area contributed by atoms with Crippen molar-refractivity contribution >= 4 is 29.9 Å². The quantitative estimate of drug-likeness (QED) is 0.357. The van der Waals surface area contributed by atoms with Gasteiger partial charge in [-0.05, 0) is 43.4 Å². The Kier molecular flexibility index (Phi) is 7.04. The summed E-state index contributed by atoms with van der Waals surface area (Å²) < 4.78 is 11.7. The summed E-state index contributed by atoms with van der Waals surface area (Å²) in [5.74, 6) is 3.02. The minimum absolute atomic E-state index is 0. The summed E-state index contributed by atoms with van der Waals surface area (Å²) in [5.41, 5.74) is 9.57. The van der Waals surface area contributed by atoms with E-state index in [-0.39, 0.29) is 30.0 Å². The van der Waals surface area contributed by atoms with Gasteiger partial charge in [0.05, 0.1) is 25.8 Å². The Labute approximate surface area is 183 Å². The Balaban J connectivity index is 0.00000225. The van der Waals surface area contributed by atoms with Crippen LogP contribution in [0.3, 0.4) is 0 Å². The molecule has 0 amide bonds. The van der Waals surface area contributed by atoms with Crippen molar-refractivity contribution in [2.24, 2.45) is 16.6 Å². The monoisotopic (exact) mass is 493 g/mol. The van der Waals surface area contributed by atoms with Crippen molar-refractivity contribution in [3.05, 3.63) is 59.2 Å². The topological polar surface area (TPSA) is 68.9 Å². The highest BCUT2D eigenvalue weighted by atomic mass is 127. The maximum Gasteiger partial charge on any atom is 0.189 e. The number of ether oxygens (including phenoxy) is 2. The van der Waals surface area contributed by atoms with Crippen molar-refractivity contribution in [3.63, 3.8) is 0 Å². The molecular formula is C22H28IN3O2. The lowest BCUT2D eigenvalue weighted by Crippen LogP contribution is -2.37. The van der Waals surface area contributed by atoms with Crippen LogP contribution >= 0.6 is 24.0 Å². The van der Waals surface area contributed by atoms with Gasteiger partial charge in [0.2, 0.25) is 0 Å². The van der Waals surface area contributed by atoms with Crippen LogP contribution in [-0.2, 0) is 6.54 Å². The largest absolute Gasteiger partial charge is 0.493 e. The van der Waals surface area contributed by atoms with E-state index in [4.69, 9.17) is 15.2 Å². The maximum atomic E-state index is 6.18. The lowest BCUT2D eigenvalue weighted by Gasteiger charge is -2.27. The second-order valence-electron chi connectivity index (χ2n) is 7.44. The summed E-state index contributed by atoms with van der Waals surface area (Å²) in [7, 11) is 0. The van der Waals surface area contributed by atoms with E-state index in [2.05, 4.69) is 41.5 Å². The van der Waals surface area contributed by atoms with Gasteiger partial charge in [0.25, 0.3) is 0 Å². The number of aryl methyl sites for hydroxylation is 1. The van der Waals surface area contributed by atoms with Crippen molar-refractivity contribution in [1.29, 1.82) is 0 Å². The molecule has 28 heavy (non-hydrogen) atoms. The van der Waals surface area contributed by atoms with Crippen molar-refractivity contribution in [2.45, 2.75) is 38.8 Å². The molecular weight excluding hydrogens is 465 g/mol. The van der Waals surface area contributed by atoms with Crippen LogP contribution in [0, 0.1) is 12.8 Å². The molecule has 4 rings (SSSR count). The smallest absolute Gasteiger partial charge is 0.189 e. The molecule has 3 N–H and O–H groups in total. The second kappa shape index (κ2) is 9.49. The van der Waals surface area contributed by atoms with E-state index in [0.29, 0.717) is 19.1 Å². The van der Waals surface area contributed by atoms with Crippen LogP contribution in [0.25, 0.3) is 0 Å². The molecule has 2 aromatic carbocycles. The number of benzene rings is 2. The van der Waals surface area contributed by atoms with Crippen molar-refractivity contribution in [1.82, 2.24) is 5.32 Å². The van der Waals surface area contributed by atoms with E-state index in [1.165, 1.54) is 18.4 Å². The first-order valence-electron chi connectivity index (χ1n) is 9.69. The van der Waals surface area contributed by atoms with Gasteiger partial charge in [-0.25, -0.2) is 4.99 Å². The van der Waals surface area contributed by atoms with Gasteiger partial charge in [-0.3, -0.25) is 0 Å². The number of para-hydroxylation sites is 1. The zero-order chi connectivity index (χ0) is 18.6. The van der Waals surface area contributed by atoms with E-state index < -0.39 is 0 Å². The van der Waals surface area contributed by atoms with Gasteiger partial charge in [-0.1, -0.05) is 30.3 Å². The predicted octanol–water partition coefficient (Wildman–Crippen LogP) is 4.33. The summed E-state index contributed by atoms with van der Waals surface area (Å²) >= 11 is 0. The average molecular weight is 493 g/mol. The number of aliphatic imine (C=N–C) groups is 1. The van der Waals surface area contributed by atoms with Gasteiger partial charge in [0.1, 0.15) is 11.5 Å². The first-order chi connectivity index (χ1) is 13.2. The van der Waals surface area contributed by atoms with Crippen molar-refractivity contribution in [2.75, 3.05) is 13.2 Å². The molecule has 2 aliphatic rings. The maximum absolute atomic E-state index is 6.18. The highest BCUT2D eigenvalue weighted by molar-refractivity contribution is 14.0. The zero-order valence-corrected chi connectivity index (χ0v) is 18.5. The first-order valence-corrected chi connectivity index (χ1v) is 9.69. The highest BCUT2D eigenvalue weighted by Crippen LogP contribution is 2.32. The standard InChI is InChI=1S/C22H27N3O2.HI/c1-15-6-9-17(21(12-15)27-14-16-7-8-16)13-24-22(23)25-19-10-11-26-20-5-3-2-4-18(19)20;/h2-6,9,12,16,19H,7-8,10-11,13-14H2,1H3,(H3,23,24,25);1H.